The Bertz CT molecular complexity index is 919. The molecule has 0 spiro atoms. The van der Waals surface area contributed by atoms with Gasteiger partial charge in [-0.3, -0.25) is 19.4 Å². The summed E-state index contributed by atoms with van der Waals surface area (Å²) in [6, 6.07) is 6.78. The number of amides is 3. The number of hydrogen-bond acceptors (Lipinski definition) is 7. The topological polar surface area (TPSA) is 76.6 Å². The van der Waals surface area contributed by atoms with Crippen LogP contribution in [0.4, 0.5) is 10.5 Å². The predicted octanol–water partition coefficient (Wildman–Crippen LogP) is 1.94. The standard InChI is InChI=1S/C23H30ClN5O4/c24-18-4-3-17(20(14-18)28-13-12-26-7-1-2-19(26)16-28)15-25-8-10-27(11-9-25)23(32)33-29-21(30)5-6-22(29)31/h3-4,14,19H,1-2,5-13,15-16H2/t19-/m1/s1. The molecule has 0 N–H and O–H groups in total. The Morgan fingerprint density at radius 1 is 1.00 bits per heavy atom. The number of carbonyl (C=O) groups is 3. The maximum Gasteiger partial charge on any atom is 0.434 e. The molecular formula is C23H30ClN5O4. The van der Waals surface area contributed by atoms with Crippen LogP contribution in [0, 0.1) is 0 Å². The van der Waals surface area contributed by atoms with E-state index in [4.69, 9.17) is 16.4 Å². The van der Waals surface area contributed by atoms with Crippen molar-refractivity contribution in [1.82, 2.24) is 19.8 Å². The minimum atomic E-state index is -0.639. The number of carbonyl (C=O) groups excluding carboxylic acids is 3. The minimum absolute atomic E-state index is 0.0963. The van der Waals surface area contributed by atoms with E-state index in [0.717, 1.165) is 31.2 Å². The van der Waals surface area contributed by atoms with E-state index in [9.17, 15) is 14.4 Å². The van der Waals surface area contributed by atoms with E-state index >= 15 is 0 Å². The van der Waals surface area contributed by atoms with Crippen molar-refractivity contribution in [1.29, 1.82) is 0 Å². The fraction of sp³-hybridized carbons (Fsp3) is 0.609. The number of benzene rings is 1. The molecule has 1 aromatic carbocycles. The minimum Gasteiger partial charge on any atom is -0.368 e. The lowest BCUT2D eigenvalue weighted by Gasteiger charge is -2.40. The molecule has 0 saturated carbocycles. The molecule has 0 aliphatic carbocycles. The number of hydrogen-bond donors (Lipinski definition) is 0. The molecule has 9 nitrogen and oxygen atoms in total. The van der Waals surface area contributed by atoms with Crippen LogP contribution in [-0.2, 0) is 21.0 Å². The van der Waals surface area contributed by atoms with Crippen molar-refractivity contribution < 1.29 is 19.2 Å². The van der Waals surface area contributed by atoms with Gasteiger partial charge in [-0.2, -0.15) is 0 Å². The summed E-state index contributed by atoms with van der Waals surface area (Å²) in [4.78, 5) is 49.8. The number of anilines is 1. The Hall–Kier alpha value is -2.36. The molecule has 4 aliphatic rings. The van der Waals surface area contributed by atoms with Gasteiger partial charge in [0, 0.05) is 82.0 Å². The van der Waals surface area contributed by atoms with Crippen molar-refractivity contribution in [3.05, 3.63) is 28.8 Å². The van der Waals surface area contributed by atoms with Gasteiger partial charge in [0.1, 0.15) is 0 Å². The summed E-state index contributed by atoms with van der Waals surface area (Å²) < 4.78 is 0. The van der Waals surface area contributed by atoms with Gasteiger partial charge in [-0.1, -0.05) is 17.7 Å². The van der Waals surface area contributed by atoms with Gasteiger partial charge in [-0.05, 0) is 37.1 Å². The van der Waals surface area contributed by atoms with Crippen LogP contribution in [0.15, 0.2) is 18.2 Å². The van der Waals surface area contributed by atoms with E-state index in [2.05, 4.69) is 26.8 Å². The first-order valence-electron chi connectivity index (χ1n) is 11.8. The molecule has 0 aromatic heterocycles. The fourth-order valence-electron chi connectivity index (χ4n) is 5.30. The number of imide groups is 1. The van der Waals surface area contributed by atoms with E-state index < -0.39 is 17.9 Å². The Balaban J connectivity index is 1.18. The second-order valence-electron chi connectivity index (χ2n) is 9.25. The molecule has 5 rings (SSSR count). The summed E-state index contributed by atoms with van der Waals surface area (Å²) >= 11 is 6.37. The third-order valence-electron chi connectivity index (χ3n) is 7.17. The molecule has 0 unspecified atom stereocenters. The van der Waals surface area contributed by atoms with Crippen LogP contribution in [-0.4, -0.2) is 96.1 Å². The number of rotatable bonds is 4. The maximum atomic E-state index is 12.4. The normalized spacial score (nSPS) is 24.5. The van der Waals surface area contributed by atoms with Crippen LogP contribution < -0.4 is 4.90 Å². The third kappa shape index (κ3) is 4.81. The Morgan fingerprint density at radius 3 is 2.52 bits per heavy atom. The number of fused-ring (bicyclic) bond motifs is 1. The highest BCUT2D eigenvalue weighted by atomic mass is 35.5. The van der Waals surface area contributed by atoms with Gasteiger partial charge in [0.05, 0.1) is 0 Å². The van der Waals surface area contributed by atoms with Gasteiger partial charge in [-0.25, -0.2) is 4.79 Å². The van der Waals surface area contributed by atoms with E-state index in [0.29, 0.717) is 37.3 Å². The lowest BCUT2D eigenvalue weighted by Crippen LogP contribution is -2.51. The summed E-state index contributed by atoms with van der Waals surface area (Å²) in [5.74, 6) is -0.915. The molecule has 33 heavy (non-hydrogen) atoms. The van der Waals surface area contributed by atoms with Crippen molar-refractivity contribution in [2.45, 2.75) is 38.3 Å². The van der Waals surface area contributed by atoms with Crippen molar-refractivity contribution >= 4 is 35.2 Å². The quantitative estimate of drug-likeness (QED) is 0.616. The monoisotopic (exact) mass is 475 g/mol. The zero-order chi connectivity index (χ0) is 22.9. The van der Waals surface area contributed by atoms with Gasteiger partial charge < -0.3 is 14.6 Å². The molecule has 10 heteroatoms. The molecule has 4 saturated heterocycles. The SMILES string of the molecule is O=C(ON1C(=O)CCC1=O)N1CCN(Cc2ccc(Cl)cc2N2CCN3CCC[C@@H]3C2)CC1. The molecular weight excluding hydrogens is 446 g/mol. The molecule has 178 valence electrons. The highest BCUT2D eigenvalue weighted by molar-refractivity contribution is 6.30. The molecule has 4 aliphatic heterocycles. The second-order valence-corrected chi connectivity index (χ2v) is 9.69. The maximum absolute atomic E-state index is 12.4. The van der Waals surface area contributed by atoms with Crippen LogP contribution in [0.2, 0.25) is 5.02 Å². The highest BCUT2D eigenvalue weighted by Gasteiger charge is 2.35. The lowest BCUT2D eigenvalue weighted by molar-refractivity contribution is -0.174. The predicted molar refractivity (Wildman–Crippen MR) is 123 cm³/mol. The first-order valence-corrected chi connectivity index (χ1v) is 12.2. The van der Waals surface area contributed by atoms with Crippen molar-refractivity contribution in [2.75, 3.05) is 57.3 Å². The molecule has 1 atom stereocenters. The first-order chi connectivity index (χ1) is 16.0. The van der Waals surface area contributed by atoms with Gasteiger partial charge in [0.2, 0.25) is 0 Å². The van der Waals surface area contributed by atoms with Gasteiger partial charge >= 0.3 is 6.09 Å². The molecule has 1 aromatic rings. The zero-order valence-electron chi connectivity index (χ0n) is 18.7. The van der Waals surface area contributed by atoms with E-state index in [1.54, 1.807) is 4.90 Å². The zero-order valence-corrected chi connectivity index (χ0v) is 19.5. The Morgan fingerprint density at radius 2 is 1.76 bits per heavy atom. The summed E-state index contributed by atoms with van der Waals surface area (Å²) in [7, 11) is 0. The molecule has 0 bridgehead atoms. The molecule has 3 amide bonds. The number of piperazine rings is 2. The van der Waals surface area contributed by atoms with Gasteiger partial charge in [0.25, 0.3) is 11.8 Å². The Kier molecular flexibility index (Phi) is 6.44. The smallest absolute Gasteiger partial charge is 0.368 e. The van der Waals surface area contributed by atoms with Crippen LogP contribution in [0.3, 0.4) is 0 Å². The van der Waals surface area contributed by atoms with Crippen molar-refractivity contribution in [3.63, 3.8) is 0 Å². The average molecular weight is 476 g/mol. The third-order valence-corrected chi connectivity index (χ3v) is 7.41. The lowest BCUT2D eigenvalue weighted by atomic mass is 10.1. The summed E-state index contributed by atoms with van der Waals surface area (Å²) in [5, 5.41) is 1.36. The summed E-state index contributed by atoms with van der Waals surface area (Å²) in [6.07, 6.45) is 2.10. The summed E-state index contributed by atoms with van der Waals surface area (Å²) in [5.41, 5.74) is 2.46. The molecule has 0 radical (unpaired) electrons. The van der Waals surface area contributed by atoms with Crippen molar-refractivity contribution in [3.8, 4) is 0 Å². The molecule has 4 heterocycles. The Labute approximate surface area is 198 Å². The van der Waals surface area contributed by atoms with Crippen LogP contribution in [0.25, 0.3) is 0 Å². The fourth-order valence-corrected chi connectivity index (χ4v) is 5.46. The largest absolute Gasteiger partial charge is 0.434 e. The van der Waals surface area contributed by atoms with E-state index in [1.165, 1.54) is 30.6 Å². The number of nitrogens with zero attached hydrogens (tertiary/aromatic N) is 5. The van der Waals surface area contributed by atoms with Gasteiger partial charge in [-0.15, -0.1) is 5.06 Å². The summed E-state index contributed by atoms with van der Waals surface area (Å²) in [6.45, 7) is 7.50. The second kappa shape index (κ2) is 9.48. The number of halogens is 1. The number of hydroxylamine groups is 2. The first kappa shape index (κ1) is 22.4. The molecule has 4 fully saturated rings. The van der Waals surface area contributed by atoms with E-state index in [1.807, 2.05) is 6.07 Å². The van der Waals surface area contributed by atoms with Crippen molar-refractivity contribution in [2.24, 2.45) is 0 Å². The van der Waals surface area contributed by atoms with Crippen LogP contribution in [0.5, 0.6) is 0 Å². The van der Waals surface area contributed by atoms with Crippen LogP contribution >= 0.6 is 11.6 Å². The van der Waals surface area contributed by atoms with E-state index in [-0.39, 0.29) is 12.8 Å². The average Bonchev–Trinajstić information content (AvgIpc) is 3.42. The van der Waals surface area contributed by atoms with Crippen LogP contribution in [0.1, 0.15) is 31.2 Å². The highest BCUT2D eigenvalue weighted by Crippen LogP contribution is 2.31. The van der Waals surface area contributed by atoms with Gasteiger partial charge in [0.15, 0.2) is 0 Å².